The van der Waals surface area contributed by atoms with E-state index in [1.54, 1.807) is 34.8 Å². The lowest BCUT2D eigenvalue weighted by Gasteiger charge is -2.30. The molecular formula is C23H28N2O3S2. The molecule has 0 bridgehead atoms. The van der Waals surface area contributed by atoms with E-state index in [0.717, 1.165) is 43.7 Å². The Bertz CT molecular complexity index is 1120. The number of fused-ring (bicyclic) bond motifs is 3. The Labute approximate surface area is 185 Å². The molecule has 0 spiro atoms. The molecule has 3 aromatic rings. The van der Waals surface area contributed by atoms with E-state index < -0.39 is 0 Å². The number of aromatic nitrogens is 2. The summed E-state index contributed by atoms with van der Waals surface area (Å²) in [5.74, 6) is 1.60. The molecule has 0 radical (unpaired) electrons. The van der Waals surface area contributed by atoms with E-state index in [0.29, 0.717) is 18.8 Å². The lowest BCUT2D eigenvalue weighted by Crippen LogP contribution is -2.32. The fourth-order valence-electron chi connectivity index (χ4n) is 3.81. The van der Waals surface area contributed by atoms with E-state index in [-0.39, 0.29) is 11.2 Å². The third-order valence-corrected chi connectivity index (χ3v) is 7.50. The minimum absolute atomic E-state index is 0.0160. The summed E-state index contributed by atoms with van der Waals surface area (Å²) in [5, 5.41) is 1.46. The fraction of sp³-hybridized carbons (Fsp3) is 0.478. The first-order valence-corrected chi connectivity index (χ1v) is 12.2. The summed E-state index contributed by atoms with van der Waals surface area (Å²) < 4.78 is 13.3. The topological polar surface area (TPSA) is 53.4 Å². The molecule has 1 aromatic carbocycles. The van der Waals surface area contributed by atoms with E-state index in [9.17, 15) is 4.79 Å². The van der Waals surface area contributed by atoms with Crippen molar-refractivity contribution in [2.45, 2.75) is 63.8 Å². The van der Waals surface area contributed by atoms with Crippen molar-refractivity contribution in [3.8, 4) is 11.4 Å². The molecule has 4 rings (SSSR count). The van der Waals surface area contributed by atoms with Gasteiger partial charge < -0.3 is 9.47 Å². The molecule has 3 heterocycles. The van der Waals surface area contributed by atoms with Crippen molar-refractivity contribution in [2.24, 2.45) is 0 Å². The van der Waals surface area contributed by atoms with Gasteiger partial charge in [-0.15, -0.1) is 11.3 Å². The maximum Gasteiger partial charge on any atom is 0.267 e. The van der Waals surface area contributed by atoms with E-state index in [1.165, 1.54) is 12.8 Å². The van der Waals surface area contributed by atoms with Crippen molar-refractivity contribution in [1.29, 1.82) is 0 Å². The van der Waals surface area contributed by atoms with Crippen LogP contribution < -0.4 is 10.3 Å². The zero-order valence-electron chi connectivity index (χ0n) is 18.0. The normalized spacial score (nSPS) is 15.3. The van der Waals surface area contributed by atoms with Gasteiger partial charge in [0.25, 0.3) is 5.56 Å². The van der Waals surface area contributed by atoms with Crippen LogP contribution in [0.15, 0.2) is 34.2 Å². The Morgan fingerprint density at radius 3 is 2.87 bits per heavy atom. The lowest BCUT2D eigenvalue weighted by molar-refractivity contribution is -0.0379. The number of unbranched alkanes of at least 4 members (excludes halogenated alkanes) is 2. The van der Waals surface area contributed by atoms with Crippen molar-refractivity contribution < 1.29 is 9.47 Å². The molecule has 1 aliphatic heterocycles. The number of thiophene rings is 1. The van der Waals surface area contributed by atoms with Crippen LogP contribution in [-0.4, -0.2) is 28.0 Å². The molecule has 7 heteroatoms. The van der Waals surface area contributed by atoms with E-state index >= 15 is 0 Å². The molecule has 0 saturated carbocycles. The van der Waals surface area contributed by atoms with Gasteiger partial charge in [-0.3, -0.25) is 9.36 Å². The number of methoxy groups -OCH3 is 1. The van der Waals surface area contributed by atoms with Crippen LogP contribution in [0.4, 0.5) is 0 Å². The van der Waals surface area contributed by atoms with Crippen LogP contribution in [0.5, 0.6) is 5.75 Å². The molecule has 1 aliphatic rings. The standard InChI is InChI=1S/C23H28N2O3S2/c1-5-6-9-12-29-22-24-20-19(15-13-23(2,3)28-14-18(15)30-20)21(26)25(22)16-10-7-8-11-17(16)27-4/h7-8,10-11H,5-6,9,12-14H2,1-4H3. The van der Waals surface area contributed by atoms with Gasteiger partial charge in [0, 0.05) is 17.1 Å². The number of ether oxygens (including phenoxy) is 2. The average Bonchev–Trinajstić information content (AvgIpc) is 3.08. The molecule has 0 saturated heterocycles. The minimum atomic E-state index is -0.281. The maximum atomic E-state index is 13.9. The smallest absolute Gasteiger partial charge is 0.267 e. The third-order valence-electron chi connectivity index (χ3n) is 5.38. The summed E-state index contributed by atoms with van der Waals surface area (Å²) >= 11 is 3.24. The van der Waals surface area contributed by atoms with Gasteiger partial charge in [-0.25, -0.2) is 4.98 Å². The predicted octanol–water partition coefficient (Wildman–Crippen LogP) is 5.59. The molecular weight excluding hydrogens is 416 g/mol. The van der Waals surface area contributed by atoms with Gasteiger partial charge in [0.2, 0.25) is 0 Å². The first-order valence-electron chi connectivity index (χ1n) is 10.4. The predicted molar refractivity (Wildman–Crippen MR) is 125 cm³/mol. The van der Waals surface area contributed by atoms with E-state index in [2.05, 4.69) is 20.8 Å². The quantitative estimate of drug-likeness (QED) is 0.270. The van der Waals surface area contributed by atoms with Crippen LogP contribution in [0.25, 0.3) is 15.9 Å². The van der Waals surface area contributed by atoms with Crippen LogP contribution in [0, 0.1) is 0 Å². The minimum Gasteiger partial charge on any atom is -0.495 e. The Morgan fingerprint density at radius 2 is 2.10 bits per heavy atom. The second-order valence-electron chi connectivity index (χ2n) is 8.17. The Kier molecular flexibility index (Phi) is 6.23. The summed E-state index contributed by atoms with van der Waals surface area (Å²) in [5.41, 5.74) is 1.53. The van der Waals surface area contributed by atoms with Gasteiger partial charge >= 0.3 is 0 Å². The Hall–Kier alpha value is -1.83. The van der Waals surface area contributed by atoms with Crippen LogP contribution >= 0.6 is 23.1 Å². The van der Waals surface area contributed by atoms with Crippen LogP contribution in [0.1, 0.15) is 50.5 Å². The molecule has 0 atom stereocenters. The zero-order valence-corrected chi connectivity index (χ0v) is 19.6. The number of nitrogens with zero attached hydrogens (tertiary/aromatic N) is 2. The molecule has 30 heavy (non-hydrogen) atoms. The zero-order chi connectivity index (χ0) is 21.3. The van der Waals surface area contributed by atoms with Gasteiger partial charge in [-0.05, 0) is 38.0 Å². The maximum absolute atomic E-state index is 13.9. The molecule has 0 amide bonds. The monoisotopic (exact) mass is 444 g/mol. The summed E-state index contributed by atoms with van der Waals surface area (Å²) in [4.78, 5) is 20.8. The van der Waals surface area contributed by atoms with Crippen LogP contribution in [0.3, 0.4) is 0 Å². The van der Waals surface area contributed by atoms with Gasteiger partial charge in [-0.2, -0.15) is 0 Å². The Morgan fingerprint density at radius 1 is 1.30 bits per heavy atom. The first-order chi connectivity index (χ1) is 14.4. The second kappa shape index (κ2) is 8.73. The molecule has 0 N–H and O–H groups in total. The van der Waals surface area contributed by atoms with Crippen molar-refractivity contribution in [1.82, 2.24) is 9.55 Å². The molecule has 0 aliphatic carbocycles. The number of hydrogen-bond donors (Lipinski definition) is 0. The third kappa shape index (κ3) is 4.03. The van der Waals surface area contributed by atoms with E-state index in [1.807, 2.05) is 24.3 Å². The van der Waals surface area contributed by atoms with Gasteiger partial charge in [0.15, 0.2) is 5.16 Å². The summed E-state index contributed by atoms with van der Waals surface area (Å²) in [7, 11) is 1.64. The van der Waals surface area contributed by atoms with Crippen LogP contribution in [0.2, 0.25) is 0 Å². The highest BCUT2D eigenvalue weighted by Gasteiger charge is 2.31. The highest BCUT2D eigenvalue weighted by atomic mass is 32.2. The summed E-state index contributed by atoms with van der Waals surface area (Å²) in [6.45, 7) is 6.88. The SMILES string of the molecule is CCCCCSc1nc2sc3c(c2c(=O)n1-c1ccccc1OC)CC(C)(C)OC3. The largest absolute Gasteiger partial charge is 0.495 e. The van der Waals surface area contributed by atoms with Crippen molar-refractivity contribution in [3.63, 3.8) is 0 Å². The molecule has 0 fully saturated rings. The second-order valence-corrected chi connectivity index (χ2v) is 10.3. The molecule has 0 unspecified atom stereocenters. The van der Waals surface area contributed by atoms with Crippen LogP contribution in [-0.2, 0) is 17.8 Å². The van der Waals surface area contributed by atoms with E-state index in [4.69, 9.17) is 14.5 Å². The number of para-hydroxylation sites is 2. The molecule has 2 aromatic heterocycles. The van der Waals surface area contributed by atoms with Crippen molar-refractivity contribution in [2.75, 3.05) is 12.9 Å². The highest BCUT2D eigenvalue weighted by Crippen LogP contribution is 2.38. The molecule has 160 valence electrons. The van der Waals surface area contributed by atoms with Crippen molar-refractivity contribution in [3.05, 3.63) is 45.1 Å². The lowest BCUT2D eigenvalue weighted by atomic mass is 9.94. The summed E-state index contributed by atoms with van der Waals surface area (Å²) in [6, 6.07) is 7.66. The van der Waals surface area contributed by atoms with Gasteiger partial charge in [0.05, 0.1) is 30.4 Å². The number of thioether (sulfide) groups is 1. The number of rotatable bonds is 7. The first kappa shape index (κ1) is 21.4. The van der Waals surface area contributed by atoms with Gasteiger partial charge in [0.1, 0.15) is 10.6 Å². The number of benzene rings is 1. The molecule has 5 nitrogen and oxygen atoms in total. The Balaban J connectivity index is 1.92. The number of hydrogen-bond acceptors (Lipinski definition) is 6. The van der Waals surface area contributed by atoms with Crippen molar-refractivity contribution >= 4 is 33.3 Å². The highest BCUT2D eigenvalue weighted by molar-refractivity contribution is 7.99. The summed E-state index contributed by atoms with van der Waals surface area (Å²) in [6.07, 6.45) is 4.16. The van der Waals surface area contributed by atoms with Gasteiger partial charge in [-0.1, -0.05) is 43.7 Å². The average molecular weight is 445 g/mol. The fourth-order valence-corrected chi connectivity index (χ4v) is 5.96.